The van der Waals surface area contributed by atoms with Gasteiger partial charge in [-0.05, 0) is 56.9 Å². The Labute approximate surface area is 190 Å². The van der Waals surface area contributed by atoms with Crippen LogP contribution < -0.4 is 10.6 Å². The molecule has 2 rings (SSSR count). The van der Waals surface area contributed by atoms with Gasteiger partial charge in [-0.25, -0.2) is 4.79 Å². The fourth-order valence-electron chi connectivity index (χ4n) is 3.10. The Bertz CT molecular complexity index is 951. The number of hydrogen-bond donors (Lipinski definition) is 2. The summed E-state index contributed by atoms with van der Waals surface area (Å²) in [5.41, 5.74) is 3.11. The Morgan fingerprint density at radius 3 is 2.22 bits per heavy atom. The van der Waals surface area contributed by atoms with Gasteiger partial charge in [0.05, 0.1) is 0 Å². The summed E-state index contributed by atoms with van der Waals surface area (Å²) >= 11 is 0. The molecule has 2 N–H and O–H groups in total. The third kappa shape index (κ3) is 7.41. The van der Waals surface area contributed by atoms with E-state index in [-0.39, 0.29) is 12.5 Å². The normalized spacial score (nSPS) is 11.9. The fourth-order valence-corrected chi connectivity index (χ4v) is 3.10. The van der Waals surface area contributed by atoms with E-state index in [9.17, 15) is 14.4 Å². The molecular formula is C25H33N3O4. The van der Waals surface area contributed by atoms with Crippen LogP contribution in [-0.4, -0.2) is 42.0 Å². The maximum atomic E-state index is 13.2. The molecule has 0 spiro atoms. The molecule has 32 heavy (non-hydrogen) atoms. The number of carbonyl (C=O) groups is 3. The average molecular weight is 440 g/mol. The number of nitrogens with zero attached hydrogens (tertiary/aromatic N) is 1. The lowest BCUT2D eigenvalue weighted by Crippen LogP contribution is -2.46. The lowest BCUT2D eigenvalue weighted by atomic mass is 9.99. The molecule has 0 heterocycles. The van der Waals surface area contributed by atoms with Crippen LogP contribution in [0.25, 0.3) is 0 Å². The van der Waals surface area contributed by atoms with Crippen LogP contribution in [0, 0.1) is 13.8 Å². The summed E-state index contributed by atoms with van der Waals surface area (Å²) in [4.78, 5) is 39.3. The first-order chi connectivity index (χ1) is 15.0. The number of rotatable bonds is 7. The molecule has 0 aromatic heterocycles. The highest BCUT2D eigenvalue weighted by Crippen LogP contribution is 2.23. The molecule has 7 nitrogen and oxygen atoms in total. The molecular weight excluding hydrogens is 406 g/mol. The summed E-state index contributed by atoms with van der Waals surface area (Å²) in [6.45, 7) is 9.25. The highest BCUT2D eigenvalue weighted by atomic mass is 16.6. The van der Waals surface area contributed by atoms with Gasteiger partial charge in [0.1, 0.15) is 18.2 Å². The van der Waals surface area contributed by atoms with E-state index in [0.29, 0.717) is 12.1 Å². The second kappa shape index (κ2) is 10.8. The SMILES string of the molecule is Cc1ccc(C(C(=O)NCc2ccccc2)N(C)C(=O)CNC(=O)OC(C)(C)C)cc1C. The van der Waals surface area contributed by atoms with E-state index in [0.717, 1.165) is 16.7 Å². The zero-order chi connectivity index (χ0) is 23.9. The number of carbonyl (C=O) groups excluding carboxylic acids is 3. The number of nitrogens with one attached hydrogen (secondary N) is 2. The number of hydrogen-bond acceptors (Lipinski definition) is 4. The Morgan fingerprint density at radius 1 is 0.969 bits per heavy atom. The van der Waals surface area contributed by atoms with Crippen molar-refractivity contribution in [1.29, 1.82) is 0 Å². The molecule has 0 saturated heterocycles. The first kappa shape index (κ1) is 24.9. The van der Waals surface area contributed by atoms with Gasteiger partial charge < -0.3 is 20.3 Å². The summed E-state index contributed by atoms with van der Waals surface area (Å²) in [5, 5.41) is 5.38. The van der Waals surface area contributed by atoms with Gasteiger partial charge in [0.25, 0.3) is 0 Å². The van der Waals surface area contributed by atoms with Crippen molar-refractivity contribution in [2.24, 2.45) is 0 Å². The van der Waals surface area contributed by atoms with Crippen molar-refractivity contribution in [3.8, 4) is 0 Å². The average Bonchev–Trinajstić information content (AvgIpc) is 2.72. The molecule has 172 valence electrons. The lowest BCUT2D eigenvalue weighted by molar-refractivity contribution is -0.138. The minimum absolute atomic E-state index is 0.279. The molecule has 0 radical (unpaired) electrons. The first-order valence-corrected chi connectivity index (χ1v) is 10.6. The number of aryl methyl sites for hydroxylation is 2. The molecule has 0 saturated carbocycles. The van der Waals surface area contributed by atoms with E-state index in [4.69, 9.17) is 4.74 Å². The molecule has 2 aromatic rings. The van der Waals surface area contributed by atoms with Crippen molar-refractivity contribution < 1.29 is 19.1 Å². The van der Waals surface area contributed by atoms with Crippen LogP contribution in [0.3, 0.4) is 0 Å². The van der Waals surface area contributed by atoms with Gasteiger partial charge in [-0.1, -0.05) is 48.5 Å². The van der Waals surface area contributed by atoms with Gasteiger partial charge in [-0.3, -0.25) is 9.59 Å². The summed E-state index contributed by atoms with van der Waals surface area (Å²) in [6.07, 6.45) is -0.685. The predicted molar refractivity (Wildman–Crippen MR) is 124 cm³/mol. The van der Waals surface area contributed by atoms with Gasteiger partial charge in [-0.15, -0.1) is 0 Å². The molecule has 0 aliphatic rings. The van der Waals surface area contributed by atoms with Crippen LogP contribution >= 0.6 is 0 Å². The van der Waals surface area contributed by atoms with E-state index in [1.54, 1.807) is 27.8 Å². The minimum Gasteiger partial charge on any atom is -0.444 e. The van der Waals surface area contributed by atoms with Crippen LogP contribution in [-0.2, 0) is 20.9 Å². The molecule has 1 atom stereocenters. The maximum absolute atomic E-state index is 13.2. The van der Waals surface area contributed by atoms with Gasteiger partial charge in [0, 0.05) is 13.6 Å². The second-order valence-electron chi connectivity index (χ2n) is 8.81. The Balaban J connectivity index is 2.17. The van der Waals surface area contributed by atoms with E-state index < -0.39 is 23.6 Å². The monoisotopic (exact) mass is 439 g/mol. The Hall–Kier alpha value is -3.35. The number of likely N-dealkylation sites (N-methyl/N-ethyl adjacent to an activating group) is 1. The maximum Gasteiger partial charge on any atom is 0.408 e. The number of alkyl carbamates (subject to hydrolysis) is 1. The van der Waals surface area contributed by atoms with E-state index in [1.807, 2.05) is 62.4 Å². The van der Waals surface area contributed by atoms with Crippen molar-refractivity contribution in [3.63, 3.8) is 0 Å². The highest BCUT2D eigenvalue weighted by molar-refractivity contribution is 5.90. The summed E-state index contributed by atoms with van der Waals surface area (Å²) in [7, 11) is 1.56. The van der Waals surface area contributed by atoms with Crippen LogP contribution in [0.5, 0.6) is 0 Å². The molecule has 7 heteroatoms. The van der Waals surface area contributed by atoms with Gasteiger partial charge in [-0.2, -0.15) is 0 Å². The van der Waals surface area contributed by atoms with Crippen molar-refractivity contribution in [1.82, 2.24) is 15.5 Å². The third-order valence-corrected chi connectivity index (χ3v) is 4.97. The Kier molecular flexibility index (Phi) is 8.41. The zero-order valence-corrected chi connectivity index (χ0v) is 19.7. The van der Waals surface area contributed by atoms with Crippen molar-refractivity contribution in [3.05, 3.63) is 70.8 Å². The van der Waals surface area contributed by atoms with Crippen LogP contribution in [0.1, 0.15) is 49.1 Å². The fraction of sp³-hybridized carbons (Fsp3) is 0.400. The largest absolute Gasteiger partial charge is 0.444 e. The van der Waals surface area contributed by atoms with Crippen molar-refractivity contribution in [2.45, 2.75) is 52.8 Å². The lowest BCUT2D eigenvalue weighted by Gasteiger charge is -2.28. The van der Waals surface area contributed by atoms with Crippen LogP contribution in [0.4, 0.5) is 4.79 Å². The van der Waals surface area contributed by atoms with Crippen LogP contribution in [0.15, 0.2) is 48.5 Å². The van der Waals surface area contributed by atoms with E-state index >= 15 is 0 Å². The van der Waals surface area contributed by atoms with Gasteiger partial charge in [0.15, 0.2) is 0 Å². The quantitative estimate of drug-likeness (QED) is 0.689. The number of amides is 3. The third-order valence-electron chi connectivity index (χ3n) is 4.97. The smallest absolute Gasteiger partial charge is 0.408 e. The summed E-state index contributed by atoms with van der Waals surface area (Å²) in [6, 6.07) is 14.4. The number of ether oxygens (including phenoxy) is 1. The van der Waals surface area contributed by atoms with Gasteiger partial charge >= 0.3 is 6.09 Å². The first-order valence-electron chi connectivity index (χ1n) is 10.6. The molecule has 0 bridgehead atoms. The van der Waals surface area contributed by atoms with Crippen LogP contribution in [0.2, 0.25) is 0 Å². The predicted octanol–water partition coefficient (Wildman–Crippen LogP) is 3.64. The molecule has 0 fully saturated rings. The topological polar surface area (TPSA) is 87.7 Å². The van der Waals surface area contributed by atoms with E-state index in [2.05, 4.69) is 10.6 Å². The second-order valence-corrected chi connectivity index (χ2v) is 8.81. The zero-order valence-electron chi connectivity index (χ0n) is 19.7. The van der Waals surface area contributed by atoms with Gasteiger partial charge in [0.2, 0.25) is 11.8 Å². The van der Waals surface area contributed by atoms with Crippen molar-refractivity contribution >= 4 is 17.9 Å². The summed E-state index contributed by atoms with van der Waals surface area (Å²) in [5.74, 6) is -0.709. The Morgan fingerprint density at radius 2 is 1.62 bits per heavy atom. The molecule has 1 unspecified atom stereocenters. The highest BCUT2D eigenvalue weighted by Gasteiger charge is 2.29. The molecule has 0 aliphatic carbocycles. The minimum atomic E-state index is -0.842. The molecule has 2 aromatic carbocycles. The van der Waals surface area contributed by atoms with E-state index in [1.165, 1.54) is 4.90 Å². The number of benzene rings is 2. The molecule has 3 amide bonds. The summed E-state index contributed by atoms with van der Waals surface area (Å²) < 4.78 is 5.18. The van der Waals surface area contributed by atoms with Crippen molar-refractivity contribution in [2.75, 3.05) is 13.6 Å². The molecule has 0 aliphatic heterocycles. The standard InChI is InChI=1S/C25H33N3O4/c1-17-12-13-20(14-18(17)2)22(23(30)26-15-19-10-8-7-9-11-19)28(6)21(29)16-27-24(31)32-25(3,4)5/h7-14,22H,15-16H2,1-6H3,(H,26,30)(H,27,31).